The summed E-state index contributed by atoms with van der Waals surface area (Å²) in [5, 5.41) is 1.00. The number of benzene rings is 1. The van der Waals surface area contributed by atoms with Crippen molar-refractivity contribution in [2.24, 2.45) is 11.6 Å². The van der Waals surface area contributed by atoms with E-state index in [2.05, 4.69) is 0 Å². The first-order valence-electron chi connectivity index (χ1n) is 4.95. The Morgan fingerprint density at radius 1 is 1.56 bits per heavy atom. The Labute approximate surface area is 94.9 Å². The molecule has 1 rings (SSSR count). The molecule has 0 heterocycles. The van der Waals surface area contributed by atoms with Gasteiger partial charge in [0.25, 0.3) is 5.91 Å². The Kier molecular flexibility index (Phi) is 4.28. The summed E-state index contributed by atoms with van der Waals surface area (Å²) in [5.74, 6) is 5.78. The Hall–Kier alpha value is -1.59. The van der Waals surface area contributed by atoms with Gasteiger partial charge in [-0.1, -0.05) is 12.1 Å². The first-order chi connectivity index (χ1) is 7.54. The Morgan fingerprint density at radius 2 is 2.25 bits per heavy atom. The number of ether oxygens (including phenoxy) is 1. The van der Waals surface area contributed by atoms with Gasteiger partial charge in [-0.25, -0.2) is 5.84 Å². The molecular weight excluding hydrogens is 206 g/mol. The zero-order valence-corrected chi connectivity index (χ0v) is 9.51. The number of carbonyl (C=O) groups is 1. The van der Waals surface area contributed by atoms with Gasteiger partial charge in [0.15, 0.2) is 0 Å². The molecule has 5 nitrogen and oxygen atoms in total. The highest BCUT2D eigenvalue weighted by molar-refractivity contribution is 5.81. The van der Waals surface area contributed by atoms with Gasteiger partial charge >= 0.3 is 0 Å². The minimum atomic E-state index is -0.623. The van der Waals surface area contributed by atoms with Crippen LogP contribution >= 0.6 is 0 Å². The molecule has 1 unspecified atom stereocenters. The van der Waals surface area contributed by atoms with E-state index in [1.165, 1.54) is 7.05 Å². The molecule has 1 atom stereocenters. The van der Waals surface area contributed by atoms with Crippen LogP contribution in [0.3, 0.4) is 0 Å². The lowest BCUT2D eigenvalue weighted by atomic mass is 10.1. The van der Waals surface area contributed by atoms with E-state index in [1.54, 1.807) is 7.11 Å². The van der Waals surface area contributed by atoms with Crippen molar-refractivity contribution in [1.29, 1.82) is 0 Å². The molecule has 1 aromatic carbocycles. The molecule has 0 saturated carbocycles. The lowest BCUT2D eigenvalue weighted by Crippen LogP contribution is -2.46. The summed E-state index contributed by atoms with van der Waals surface area (Å²) in [6.07, 6.45) is 0.442. The summed E-state index contributed by atoms with van der Waals surface area (Å²) >= 11 is 0. The van der Waals surface area contributed by atoms with Crippen molar-refractivity contribution >= 4 is 5.91 Å². The molecule has 0 spiro atoms. The molecule has 0 aliphatic carbocycles. The van der Waals surface area contributed by atoms with Gasteiger partial charge in [0.2, 0.25) is 0 Å². The van der Waals surface area contributed by atoms with Crippen LogP contribution in [-0.4, -0.2) is 31.1 Å². The first-order valence-corrected chi connectivity index (χ1v) is 4.95. The van der Waals surface area contributed by atoms with Crippen molar-refractivity contribution in [2.75, 3.05) is 14.2 Å². The Balaban J connectivity index is 2.69. The largest absolute Gasteiger partial charge is 0.497 e. The fourth-order valence-corrected chi connectivity index (χ4v) is 1.40. The third-order valence-corrected chi connectivity index (χ3v) is 2.25. The summed E-state index contributed by atoms with van der Waals surface area (Å²) in [4.78, 5) is 11.4. The quantitative estimate of drug-likeness (QED) is 0.424. The highest BCUT2D eigenvalue weighted by atomic mass is 16.5. The van der Waals surface area contributed by atoms with Crippen LogP contribution in [0.4, 0.5) is 0 Å². The van der Waals surface area contributed by atoms with E-state index in [0.717, 1.165) is 16.3 Å². The van der Waals surface area contributed by atoms with Crippen LogP contribution in [0.1, 0.15) is 5.56 Å². The average molecular weight is 223 g/mol. The molecule has 0 saturated heterocycles. The van der Waals surface area contributed by atoms with Gasteiger partial charge < -0.3 is 10.5 Å². The highest BCUT2D eigenvalue weighted by Crippen LogP contribution is 2.13. The van der Waals surface area contributed by atoms with Gasteiger partial charge in [-0.05, 0) is 24.1 Å². The van der Waals surface area contributed by atoms with Gasteiger partial charge in [-0.2, -0.15) is 0 Å². The van der Waals surface area contributed by atoms with E-state index in [1.807, 2.05) is 24.3 Å². The van der Waals surface area contributed by atoms with Crippen LogP contribution < -0.4 is 16.3 Å². The van der Waals surface area contributed by atoms with Crippen molar-refractivity contribution < 1.29 is 9.53 Å². The second kappa shape index (κ2) is 5.48. The van der Waals surface area contributed by atoms with Crippen LogP contribution in [0.25, 0.3) is 0 Å². The zero-order chi connectivity index (χ0) is 12.1. The molecule has 0 aromatic heterocycles. The zero-order valence-electron chi connectivity index (χ0n) is 9.51. The smallest absolute Gasteiger partial charge is 0.253 e. The minimum absolute atomic E-state index is 0.289. The molecule has 88 valence electrons. The maximum absolute atomic E-state index is 11.4. The van der Waals surface area contributed by atoms with E-state index in [-0.39, 0.29) is 5.91 Å². The van der Waals surface area contributed by atoms with Gasteiger partial charge in [0, 0.05) is 7.05 Å². The number of nitrogens with two attached hydrogens (primary N) is 2. The molecule has 5 heteroatoms. The van der Waals surface area contributed by atoms with Crippen molar-refractivity contribution in [2.45, 2.75) is 12.5 Å². The number of nitrogens with zero attached hydrogens (tertiary/aromatic N) is 1. The Bertz CT molecular complexity index is 366. The summed E-state index contributed by atoms with van der Waals surface area (Å²) in [5.41, 5.74) is 6.68. The van der Waals surface area contributed by atoms with Crippen LogP contribution in [0, 0.1) is 0 Å². The summed E-state index contributed by atoms with van der Waals surface area (Å²) in [6, 6.07) is 6.82. The number of rotatable bonds is 4. The standard InChI is InChI=1S/C11H17N3O2/c1-14(13)11(15)10(12)7-8-4-3-5-9(6-8)16-2/h3-6,10H,7,12-13H2,1-2H3. The number of amides is 1. The number of methoxy groups -OCH3 is 1. The molecule has 0 aliphatic rings. The van der Waals surface area contributed by atoms with Crippen LogP contribution in [0.2, 0.25) is 0 Å². The van der Waals surface area contributed by atoms with Crippen molar-refractivity contribution in [3.8, 4) is 5.75 Å². The molecule has 0 bridgehead atoms. The average Bonchev–Trinajstić information content (AvgIpc) is 2.28. The number of hydrogen-bond acceptors (Lipinski definition) is 4. The molecule has 0 fully saturated rings. The summed E-state index contributed by atoms with van der Waals surface area (Å²) in [7, 11) is 3.08. The van der Waals surface area contributed by atoms with Gasteiger partial charge in [0.05, 0.1) is 13.2 Å². The SMILES string of the molecule is COc1cccc(CC(N)C(=O)N(C)N)c1. The molecule has 1 amide bonds. The second-order valence-electron chi connectivity index (χ2n) is 3.61. The molecule has 16 heavy (non-hydrogen) atoms. The van der Waals surface area contributed by atoms with Gasteiger partial charge in [0.1, 0.15) is 5.75 Å². The third kappa shape index (κ3) is 3.22. The second-order valence-corrected chi connectivity index (χ2v) is 3.61. The predicted octanol–water partition coefficient (Wildman–Crippen LogP) is -0.103. The summed E-state index contributed by atoms with van der Waals surface area (Å²) < 4.78 is 5.08. The van der Waals surface area contributed by atoms with Crippen molar-refractivity contribution in [3.63, 3.8) is 0 Å². The molecule has 0 radical (unpaired) electrons. The predicted molar refractivity (Wildman–Crippen MR) is 61.6 cm³/mol. The maximum atomic E-state index is 11.4. The third-order valence-electron chi connectivity index (χ3n) is 2.25. The van der Waals surface area contributed by atoms with E-state index >= 15 is 0 Å². The van der Waals surface area contributed by atoms with Crippen molar-refractivity contribution in [3.05, 3.63) is 29.8 Å². The highest BCUT2D eigenvalue weighted by Gasteiger charge is 2.16. The molecule has 1 aromatic rings. The molecule has 4 N–H and O–H groups in total. The van der Waals surface area contributed by atoms with Crippen LogP contribution in [0.15, 0.2) is 24.3 Å². The summed E-state index contributed by atoms with van der Waals surface area (Å²) in [6.45, 7) is 0. The topological polar surface area (TPSA) is 81.6 Å². The van der Waals surface area contributed by atoms with Crippen molar-refractivity contribution in [1.82, 2.24) is 5.01 Å². The van der Waals surface area contributed by atoms with Gasteiger partial charge in [-0.15, -0.1) is 0 Å². The number of likely N-dealkylation sites (N-methyl/N-ethyl adjacent to an activating group) is 1. The van der Waals surface area contributed by atoms with E-state index in [9.17, 15) is 4.79 Å². The fraction of sp³-hybridized carbons (Fsp3) is 0.364. The molecule has 0 aliphatic heterocycles. The monoisotopic (exact) mass is 223 g/mol. The number of carbonyl (C=O) groups excluding carboxylic acids is 1. The first kappa shape index (κ1) is 12.5. The maximum Gasteiger partial charge on any atom is 0.253 e. The van der Waals surface area contributed by atoms with Crippen LogP contribution in [0.5, 0.6) is 5.75 Å². The van der Waals surface area contributed by atoms with E-state index in [4.69, 9.17) is 16.3 Å². The molecular formula is C11H17N3O2. The number of hydrazine groups is 1. The van der Waals surface area contributed by atoms with E-state index < -0.39 is 6.04 Å². The fourth-order valence-electron chi connectivity index (χ4n) is 1.40. The van der Waals surface area contributed by atoms with Gasteiger partial charge in [-0.3, -0.25) is 9.80 Å². The Morgan fingerprint density at radius 3 is 2.81 bits per heavy atom. The number of hydrogen-bond donors (Lipinski definition) is 2. The van der Waals surface area contributed by atoms with E-state index in [0.29, 0.717) is 6.42 Å². The normalized spacial score (nSPS) is 12.0. The lowest BCUT2D eigenvalue weighted by molar-refractivity contribution is -0.131. The van der Waals surface area contributed by atoms with Crippen LogP contribution in [-0.2, 0) is 11.2 Å². The lowest BCUT2D eigenvalue weighted by Gasteiger charge is -2.16. The minimum Gasteiger partial charge on any atom is -0.497 e.